The van der Waals surface area contributed by atoms with Gasteiger partial charge in [-0.2, -0.15) is 0 Å². The smallest absolute Gasteiger partial charge is 0.150 e. The molecule has 0 bridgehead atoms. The van der Waals surface area contributed by atoms with E-state index in [1.165, 1.54) is 0 Å². The Hall–Kier alpha value is -0.570. The second-order valence-electron chi connectivity index (χ2n) is 3.96. The van der Waals surface area contributed by atoms with Crippen LogP contribution < -0.4 is 5.73 Å². The largest absolute Gasteiger partial charge is 0.501 e. The van der Waals surface area contributed by atoms with Gasteiger partial charge in [-0.15, -0.1) is 0 Å². The summed E-state index contributed by atoms with van der Waals surface area (Å²) >= 11 is 0. The first-order valence-corrected chi connectivity index (χ1v) is 4.97. The predicted octanol–water partition coefficient (Wildman–Crippen LogP) is 1.76. The molecule has 1 aliphatic carbocycles. The fourth-order valence-corrected chi connectivity index (χ4v) is 1.97. The molecule has 0 spiro atoms. The molecule has 0 aromatic carbocycles. The van der Waals surface area contributed by atoms with Crippen LogP contribution in [0.15, 0.2) is 11.8 Å². The second-order valence-corrected chi connectivity index (χ2v) is 3.96. The summed E-state index contributed by atoms with van der Waals surface area (Å²) in [7, 11) is 0. The van der Waals surface area contributed by atoms with Crippen molar-refractivity contribution in [1.29, 1.82) is 0 Å². The van der Waals surface area contributed by atoms with Crippen LogP contribution in [0.4, 0.5) is 4.39 Å². The fraction of sp³-hybridized carbons (Fsp3) is 0.800. The molecule has 1 heterocycles. The molecular formula is C10H16FNO. The highest BCUT2D eigenvalue weighted by molar-refractivity contribution is 5.21. The Balaban J connectivity index is 2.13. The maximum Gasteiger partial charge on any atom is 0.150 e. The van der Waals surface area contributed by atoms with Gasteiger partial charge < -0.3 is 10.5 Å². The van der Waals surface area contributed by atoms with Crippen molar-refractivity contribution in [3.05, 3.63) is 11.8 Å². The molecular weight excluding hydrogens is 169 g/mol. The molecule has 2 nitrogen and oxygen atoms in total. The molecule has 2 aliphatic rings. The summed E-state index contributed by atoms with van der Waals surface area (Å²) in [5.74, 6) is 0.158. The number of hydrogen-bond acceptors (Lipinski definition) is 2. The van der Waals surface area contributed by atoms with E-state index in [-0.39, 0.29) is 12.5 Å². The molecule has 3 heteroatoms. The molecule has 0 radical (unpaired) electrons. The molecule has 1 aliphatic heterocycles. The predicted molar refractivity (Wildman–Crippen MR) is 48.9 cm³/mol. The van der Waals surface area contributed by atoms with Crippen molar-refractivity contribution in [1.82, 2.24) is 0 Å². The Kier molecular flexibility index (Phi) is 2.28. The summed E-state index contributed by atoms with van der Waals surface area (Å²) in [6.45, 7) is 0.821. The van der Waals surface area contributed by atoms with Crippen LogP contribution in [0.5, 0.6) is 0 Å². The van der Waals surface area contributed by atoms with Crippen molar-refractivity contribution < 1.29 is 9.13 Å². The lowest BCUT2D eigenvalue weighted by molar-refractivity contribution is 0.148. The number of rotatable bonds is 3. The van der Waals surface area contributed by atoms with Gasteiger partial charge in [0, 0.05) is 12.1 Å². The minimum absolute atomic E-state index is 0.104. The zero-order chi connectivity index (χ0) is 9.31. The lowest BCUT2D eigenvalue weighted by Gasteiger charge is -2.28. The average Bonchev–Trinajstić information content (AvgIpc) is 3.02. The first-order chi connectivity index (χ1) is 6.27. The Morgan fingerprint density at radius 1 is 1.62 bits per heavy atom. The van der Waals surface area contributed by atoms with Gasteiger partial charge in [-0.3, -0.25) is 0 Å². The van der Waals surface area contributed by atoms with Crippen LogP contribution in [0.2, 0.25) is 0 Å². The molecule has 0 saturated heterocycles. The van der Waals surface area contributed by atoms with E-state index in [4.69, 9.17) is 10.5 Å². The van der Waals surface area contributed by atoms with Gasteiger partial charge in [-0.05, 0) is 31.6 Å². The van der Waals surface area contributed by atoms with Crippen molar-refractivity contribution in [3.8, 4) is 0 Å². The average molecular weight is 185 g/mol. The van der Waals surface area contributed by atoms with Crippen LogP contribution in [0.25, 0.3) is 0 Å². The van der Waals surface area contributed by atoms with Gasteiger partial charge in [-0.1, -0.05) is 0 Å². The third kappa shape index (κ3) is 1.57. The molecule has 2 rings (SSSR count). The van der Waals surface area contributed by atoms with Crippen LogP contribution in [0.1, 0.15) is 25.7 Å². The summed E-state index contributed by atoms with van der Waals surface area (Å²) in [6.07, 6.45) is 5.28. The molecule has 2 N–H and O–H groups in total. The Labute approximate surface area is 77.9 Å². The number of nitrogens with two attached hydrogens (primary N) is 1. The standard InChI is InChI=1S/C10H16FNO/c11-10(7-12,8-3-4-8)9-2-1-5-13-6-9/h6,8H,1-5,7,12H2. The van der Waals surface area contributed by atoms with E-state index in [0.717, 1.165) is 37.9 Å². The number of hydrogen-bond donors (Lipinski definition) is 1. The zero-order valence-electron chi connectivity index (χ0n) is 7.76. The SMILES string of the molecule is NCC(F)(C1=COCCC1)C1CC1. The van der Waals surface area contributed by atoms with Crippen molar-refractivity contribution in [2.75, 3.05) is 13.2 Å². The van der Waals surface area contributed by atoms with Crippen LogP contribution in [0.3, 0.4) is 0 Å². The molecule has 0 aromatic rings. The molecule has 0 aromatic heterocycles. The minimum Gasteiger partial charge on any atom is -0.501 e. The number of halogens is 1. The maximum atomic E-state index is 14.3. The molecule has 13 heavy (non-hydrogen) atoms. The highest BCUT2D eigenvalue weighted by atomic mass is 19.1. The summed E-state index contributed by atoms with van der Waals surface area (Å²) in [4.78, 5) is 0. The zero-order valence-corrected chi connectivity index (χ0v) is 7.76. The van der Waals surface area contributed by atoms with Gasteiger partial charge in [0.05, 0.1) is 12.9 Å². The minimum atomic E-state index is -1.26. The quantitative estimate of drug-likeness (QED) is 0.727. The van der Waals surface area contributed by atoms with E-state index in [1.807, 2.05) is 0 Å². The van der Waals surface area contributed by atoms with Gasteiger partial charge >= 0.3 is 0 Å². The Bertz CT molecular complexity index is 225. The molecule has 1 atom stereocenters. The monoisotopic (exact) mass is 185 g/mol. The molecule has 1 fully saturated rings. The van der Waals surface area contributed by atoms with Gasteiger partial charge in [0.1, 0.15) is 5.67 Å². The highest BCUT2D eigenvalue weighted by Crippen LogP contribution is 2.47. The first-order valence-electron chi connectivity index (χ1n) is 4.97. The van der Waals surface area contributed by atoms with Gasteiger partial charge in [0.2, 0.25) is 0 Å². The van der Waals surface area contributed by atoms with Crippen molar-refractivity contribution in [2.24, 2.45) is 11.7 Å². The summed E-state index contributed by atoms with van der Waals surface area (Å²) < 4.78 is 19.5. The Morgan fingerprint density at radius 3 is 2.85 bits per heavy atom. The lowest BCUT2D eigenvalue weighted by Crippen LogP contribution is -2.38. The molecule has 0 amide bonds. The lowest BCUT2D eigenvalue weighted by atomic mass is 9.88. The van der Waals surface area contributed by atoms with Crippen LogP contribution >= 0.6 is 0 Å². The van der Waals surface area contributed by atoms with Gasteiger partial charge in [0.15, 0.2) is 0 Å². The van der Waals surface area contributed by atoms with E-state index in [1.54, 1.807) is 6.26 Å². The van der Waals surface area contributed by atoms with E-state index in [0.29, 0.717) is 0 Å². The Morgan fingerprint density at radius 2 is 2.38 bits per heavy atom. The van der Waals surface area contributed by atoms with Gasteiger partial charge in [0.25, 0.3) is 0 Å². The van der Waals surface area contributed by atoms with Gasteiger partial charge in [-0.25, -0.2) is 4.39 Å². The van der Waals surface area contributed by atoms with E-state index in [2.05, 4.69) is 0 Å². The van der Waals surface area contributed by atoms with E-state index in [9.17, 15) is 4.39 Å². The molecule has 74 valence electrons. The number of ether oxygens (including phenoxy) is 1. The van der Waals surface area contributed by atoms with Crippen molar-refractivity contribution >= 4 is 0 Å². The third-order valence-corrected chi connectivity index (χ3v) is 2.99. The van der Waals surface area contributed by atoms with E-state index >= 15 is 0 Å². The van der Waals surface area contributed by atoms with Crippen molar-refractivity contribution in [3.63, 3.8) is 0 Å². The molecule has 1 unspecified atom stereocenters. The van der Waals surface area contributed by atoms with Crippen LogP contribution in [-0.2, 0) is 4.74 Å². The highest BCUT2D eigenvalue weighted by Gasteiger charge is 2.47. The number of alkyl halides is 1. The normalized spacial score (nSPS) is 27.4. The maximum absolute atomic E-state index is 14.3. The molecule has 1 saturated carbocycles. The van der Waals surface area contributed by atoms with Crippen LogP contribution in [-0.4, -0.2) is 18.8 Å². The van der Waals surface area contributed by atoms with Crippen LogP contribution in [0, 0.1) is 5.92 Å². The third-order valence-electron chi connectivity index (χ3n) is 2.99. The summed E-state index contributed by atoms with van der Waals surface area (Å²) in [5, 5.41) is 0. The fourth-order valence-electron chi connectivity index (χ4n) is 1.97. The van der Waals surface area contributed by atoms with E-state index < -0.39 is 5.67 Å². The first kappa shape index (κ1) is 9.00. The van der Waals surface area contributed by atoms with Crippen molar-refractivity contribution in [2.45, 2.75) is 31.4 Å². The second kappa shape index (κ2) is 3.29. The topological polar surface area (TPSA) is 35.2 Å². The summed E-state index contributed by atoms with van der Waals surface area (Å²) in [6, 6.07) is 0. The summed E-state index contributed by atoms with van der Waals surface area (Å²) in [5.41, 5.74) is 5.03.